The molecule has 3 heterocycles. The first-order valence-electron chi connectivity index (χ1n) is 9.38. The smallest absolute Gasteiger partial charge is 0.352 e. The van der Waals surface area contributed by atoms with Gasteiger partial charge in [-0.15, -0.1) is 23.1 Å². The van der Waals surface area contributed by atoms with Crippen molar-refractivity contribution in [3.63, 3.8) is 0 Å². The Hall–Kier alpha value is -2.62. The number of carboxylic acids is 1. The summed E-state index contributed by atoms with van der Waals surface area (Å²) in [6, 6.07) is 12.6. The Bertz CT molecular complexity index is 975. The van der Waals surface area contributed by atoms with Crippen LogP contribution in [0.4, 0.5) is 0 Å². The lowest BCUT2D eigenvalue weighted by molar-refractivity contribution is -0.150. The molecule has 1 aromatic heterocycles. The zero-order chi connectivity index (χ0) is 21.1. The van der Waals surface area contributed by atoms with Gasteiger partial charge in [0.1, 0.15) is 17.1 Å². The molecule has 1 aromatic carbocycles. The Kier molecular flexibility index (Phi) is 6.21. The molecule has 156 valence electrons. The third-order valence-electron chi connectivity index (χ3n) is 4.87. The molecule has 7 nitrogen and oxygen atoms in total. The van der Waals surface area contributed by atoms with Gasteiger partial charge in [0.25, 0.3) is 5.91 Å². The fourth-order valence-electron chi connectivity index (χ4n) is 3.46. The highest BCUT2D eigenvalue weighted by Crippen LogP contribution is 2.40. The van der Waals surface area contributed by atoms with Gasteiger partial charge in [-0.3, -0.25) is 14.5 Å². The zero-order valence-corrected chi connectivity index (χ0v) is 17.6. The molecule has 2 atom stereocenters. The minimum atomic E-state index is -1.16. The molecule has 2 aliphatic heterocycles. The van der Waals surface area contributed by atoms with Gasteiger partial charge in [0.2, 0.25) is 5.91 Å². The van der Waals surface area contributed by atoms with Crippen LogP contribution in [0.2, 0.25) is 0 Å². The lowest BCUT2D eigenvalue weighted by Crippen LogP contribution is -2.70. The molecule has 9 heteroatoms. The van der Waals surface area contributed by atoms with Crippen molar-refractivity contribution in [1.29, 1.82) is 0 Å². The predicted octanol–water partition coefficient (Wildman–Crippen LogP) is 2.25. The number of nitrogens with zero attached hydrogens (tertiary/aromatic N) is 1. The lowest BCUT2D eigenvalue weighted by Gasteiger charge is -2.49. The van der Waals surface area contributed by atoms with E-state index in [2.05, 4.69) is 5.32 Å². The zero-order valence-electron chi connectivity index (χ0n) is 15.9. The molecule has 0 bridgehead atoms. The van der Waals surface area contributed by atoms with E-state index in [1.165, 1.54) is 28.0 Å². The van der Waals surface area contributed by atoms with Crippen molar-refractivity contribution in [1.82, 2.24) is 10.2 Å². The SMILES string of the molecule is O=C(Cc1cccs1)NC1C(=O)N2C(C(=O)O)=C(COCc3ccccc3)CS[C@@H]12. The number of nitrogens with one attached hydrogen (secondary N) is 1. The van der Waals surface area contributed by atoms with Gasteiger partial charge >= 0.3 is 5.97 Å². The second kappa shape index (κ2) is 9.03. The molecule has 0 radical (unpaired) electrons. The predicted molar refractivity (Wildman–Crippen MR) is 114 cm³/mol. The molecular formula is C21H20N2O5S2. The van der Waals surface area contributed by atoms with Gasteiger partial charge < -0.3 is 15.2 Å². The van der Waals surface area contributed by atoms with E-state index in [-0.39, 0.29) is 24.6 Å². The molecular weight excluding hydrogens is 424 g/mol. The highest BCUT2D eigenvalue weighted by Gasteiger charge is 2.54. The second-order valence-corrected chi connectivity index (χ2v) is 9.08. The van der Waals surface area contributed by atoms with Crippen molar-refractivity contribution in [3.8, 4) is 0 Å². The van der Waals surface area contributed by atoms with E-state index in [4.69, 9.17) is 4.74 Å². The number of β-lactam (4-membered cyclic amide) rings is 1. The van der Waals surface area contributed by atoms with Crippen LogP contribution in [0.3, 0.4) is 0 Å². The number of hydrogen-bond donors (Lipinski definition) is 2. The Morgan fingerprint density at radius 1 is 1.17 bits per heavy atom. The summed E-state index contributed by atoms with van der Waals surface area (Å²) in [5, 5.41) is 13.9. The molecule has 30 heavy (non-hydrogen) atoms. The summed E-state index contributed by atoms with van der Waals surface area (Å²) in [6.45, 7) is 0.496. The van der Waals surface area contributed by atoms with Crippen LogP contribution in [0.5, 0.6) is 0 Å². The van der Waals surface area contributed by atoms with Crippen LogP contribution >= 0.6 is 23.1 Å². The normalized spacial score (nSPS) is 20.5. The van der Waals surface area contributed by atoms with Crippen LogP contribution in [-0.4, -0.2) is 51.6 Å². The molecule has 1 unspecified atom stereocenters. The number of carbonyl (C=O) groups is 3. The highest BCUT2D eigenvalue weighted by atomic mass is 32.2. The number of aliphatic carboxylic acids is 1. The maximum atomic E-state index is 12.7. The van der Waals surface area contributed by atoms with Gasteiger partial charge in [0.15, 0.2) is 0 Å². The molecule has 0 saturated carbocycles. The molecule has 2 aliphatic rings. The van der Waals surface area contributed by atoms with Crippen molar-refractivity contribution in [3.05, 3.63) is 69.6 Å². The number of thiophene rings is 1. The number of carboxylic acid groups (broad SMARTS) is 1. The molecule has 1 fully saturated rings. The van der Waals surface area contributed by atoms with Crippen molar-refractivity contribution in [2.75, 3.05) is 12.4 Å². The quantitative estimate of drug-likeness (QED) is 0.607. The third kappa shape index (κ3) is 4.28. The van der Waals surface area contributed by atoms with Crippen LogP contribution in [0.15, 0.2) is 59.1 Å². The van der Waals surface area contributed by atoms with Crippen molar-refractivity contribution >= 4 is 40.9 Å². The van der Waals surface area contributed by atoms with Crippen molar-refractivity contribution < 1.29 is 24.2 Å². The van der Waals surface area contributed by atoms with Gasteiger partial charge in [0.05, 0.1) is 19.6 Å². The standard InChI is InChI=1S/C21H20N2O5S2/c24-16(9-15-7-4-8-29-15)22-17-19(25)23-18(21(26)27)14(12-30-20(17)23)11-28-10-13-5-2-1-3-6-13/h1-8,17,20H,9-12H2,(H,22,24)(H,26,27)/t17?,20-/m0/s1. The number of carbonyl (C=O) groups excluding carboxylic acids is 2. The first-order chi connectivity index (χ1) is 14.5. The first-order valence-corrected chi connectivity index (χ1v) is 11.3. The van der Waals surface area contributed by atoms with Gasteiger partial charge in [-0.2, -0.15) is 0 Å². The van der Waals surface area contributed by atoms with E-state index in [0.29, 0.717) is 17.9 Å². The lowest BCUT2D eigenvalue weighted by atomic mass is 10.0. The van der Waals surface area contributed by atoms with Gasteiger partial charge in [-0.25, -0.2) is 4.79 Å². The minimum Gasteiger partial charge on any atom is -0.477 e. The molecule has 2 aromatic rings. The molecule has 2 N–H and O–H groups in total. The number of thioether (sulfide) groups is 1. The summed E-state index contributed by atoms with van der Waals surface area (Å²) in [5.41, 5.74) is 1.53. The topological polar surface area (TPSA) is 95.9 Å². The fourth-order valence-corrected chi connectivity index (χ4v) is 5.49. The van der Waals surface area contributed by atoms with E-state index in [1.54, 1.807) is 0 Å². The minimum absolute atomic E-state index is 0.0273. The van der Waals surface area contributed by atoms with Crippen molar-refractivity contribution in [2.24, 2.45) is 0 Å². The first kappa shape index (κ1) is 20.6. The maximum absolute atomic E-state index is 12.7. The van der Waals surface area contributed by atoms with Gasteiger partial charge in [-0.1, -0.05) is 36.4 Å². The van der Waals surface area contributed by atoms with Crippen LogP contribution in [0, 0.1) is 0 Å². The summed E-state index contributed by atoms with van der Waals surface area (Å²) in [7, 11) is 0. The molecule has 4 rings (SSSR count). The molecule has 0 spiro atoms. The van der Waals surface area contributed by atoms with E-state index in [0.717, 1.165) is 10.4 Å². The van der Waals surface area contributed by atoms with Crippen LogP contribution in [0.25, 0.3) is 0 Å². The Morgan fingerprint density at radius 2 is 1.97 bits per heavy atom. The van der Waals surface area contributed by atoms with Crippen LogP contribution in [0.1, 0.15) is 10.4 Å². The summed E-state index contributed by atoms with van der Waals surface area (Å²) >= 11 is 2.92. The van der Waals surface area contributed by atoms with E-state index >= 15 is 0 Å². The van der Waals surface area contributed by atoms with Gasteiger partial charge in [0, 0.05) is 10.6 Å². The number of amides is 2. The number of rotatable bonds is 8. The Labute approximate surface area is 181 Å². The number of fused-ring (bicyclic) bond motifs is 1. The number of benzene rings is 1. The van der Waals surface area contributed by atoms with Crippen LogP contribution < -0.4 is 5.32 Å². The average molecular weight is 445 g/mol. The summed E-state index contributed by atoms with van der Waals surface area (Å²) in [5.74, 6) is -1.36. The van der Waals surface area contributed by atoms with E-state index in [1.807, 2.05) is 47.8 Å². The second-order valence-electron chi connectivity index (χ2n) is 6.95. The molecule has 2 amide bonds. The number of ether oxygens (including phenoxy) is 1. The summed E-state index contributed by atoms with van der Waals surface area (Å²) in [4.78, 5) is 39.0. The monoisotopic (exact) mass is 444 g/mol. The Balaban J connectivity index is 1.39. The largest absolute Gasteiger partial charge is 0.477 e. The fraction of sp³-hybridized carbons (Fsp3) is 0.286. The van der Waals surface area contributed by atoms with Crippen LogP contribution in [-0.2, 0) is 32.1 Å². The summed E-state index contributed by atoms with van der Waals surface area (Å²) < 4.78 is 5.69. The van der Waals surface area contributed by atoms with E-state index in [9.17, 15) is 19.5 Å². The third-order valence-corrected chi connectivity index (χ3v) is 7.09. The maximum Gasteiger partial charge on any atom is 0.352 e. The number of hydrogen-bond acceptors (Lipinski definition) is 6. The summed E-state index contributed by atoms with van der Waals surface area (Å²) in [6.07, 6.45) is 0.207. The van der Waals surface area contributed by atoms with Crippen molar-refractivity contribution in [2.45, 2.75) is 24.4 Å². The van der Waals surface area contributed by atoms with E-state index < -0.39 is 23.3 Å². The van der Waals surface area contributed by atoms with Gasteiger partial charge in [-0.05, 0) is 22.6 Å². The molecule has 1 saturated heterocycles. The molecule has 0 aliphatic carbocycles. The average Bonchev–Trinajstić information content (AvgIpc) is 3.25. The highest BCUT2D eigenvalue weighted by molar-refractivity contribution is 8.00. The Morgan fingerprint density at radius 3 is 2.67 bits per heavy atom.